The first kappa shape index (κ1) is 16.7. The van der Waals surface area contributed by atoms with Crippen LogP contribution in [0.3, 0.4) is 0 Å². The highest BCUT2D eigenvalue weighted by Crippen LogP contribution is 2.35. The Morgan fingerprint density at radius 3 is 1.91 bits per heavy atom. The molecule has 5 heteroatoms. The van der Waals surface area contributed by atoms with Crippen LogP contribution in [0.4, 0.5) is 14.5 Å². The lowest BCUT2D eigenvalue weighted by Gasteiger charge is -2.37. The van der Waals surface area contributed by atoms with Crippen LogP contribution in [0.15, 0.2) is 60.7 Å². The summed E-state index contributed by atoms with van der Waals surface area (Å²) in [7, 11) is -2.10. The zero-order chi connectivity index (χ0) is 16.3. The van der Waals surface area contributed by atoms with Gasteiger partial charge in [-0.1, -0.05) is 61.6 Å². The van der Waals surface area contributed by atoms with E-state index in [1.54, 1.807) is 53.1 Å². The molecular formula is C17H18ClF2NSi. The second-order valence-corrected chi connectivity index (χ2v) is 11.2. The number of anilines is 1. The molecule has 0 radical (unpaired) electrons. The fraction of sp³-hybridized carbons (Fsp3) is 0.176. The Kier molecular flexibility index (Phi) is 5.03. The topological polar surface area (TPSA) is 3.24 Å². The van der Waals surface area contributed by atoms with Crippen molar-refractivity contribution in [2.24, 2.45) is 0 Å². The monoisotopic (exact) mass is 337 g/mol. The highest BCUT2D eigenvalue weighted by atomic mass is 35.5. The minimum atomic E-state index is -2.10. The standard InChI is InChI=1S/C17H18ClF2NSi/c1-22(2,3)21(15-11-9-14(18)10-12-15)16(17(19)20)13-7-5-4-6-8-13/h4-12H,1-3H3. The van der Waals surface area contributed by atoms with Gasteiger partial charge in [-0.15, -0.1) is 0 Å². The van der Waals surface area contributed by atoms with E-state index in [4.69, 9.17) is 11.6 Å². The molecule has 0 spiro atoms. The van der Waals surface area contributed by atoms with Crippen LogP contribution in [0.2, 0.25) is 24.7 Å². The first-order valence-corrected chi connectivity index (χ1v) is 10.8. The Hall–Kier alpha value is -1.65. The van der Waals surface area contributed by atoms with Crippen molar-refractivity contribution in [3.63, 3.8) is 0 Å². The smallest absolute Gasteiger partial charge is 0.293 e. The molecule has 0 aliphatic rings. The van der Waals surface area contributed by atoms with E-state index in [2.05, 4.69) is 0 Å². The molecule has 2 aromatic rings. The molecular weight excluding hydrogens is 320 g/mol. The third-order valence-electron chi connectivity index (χ3n) is 3.21. The molecule has 0 heterocycles. The van der Waals surface area contributed by atoms with Crippen molar-refractivity contribution >= 4 is 31.2 Å². The van der Waals surface area contributed by atoms with Gasteiger partial charge in [-0.2, -0.15) is 8.78 Å². The average Bonchev–Trinajstić information content (AvgIpc) is 2.45. The molecule has 0 saturated carbocycles. The lowest BCUT2D eigenvalue weighted by atomic mass is 10.1. The number of benzene rings is 2. The van der Waals surface area contributed by atoms with E-state index in [1.165, 1.54) is 0 Å². The van der Waals surface area contributed by atoms with Crippen LogP contribution in [-0.4, -0.2) is 8.24 Å². The predicted octanol–water partition coefficient (Wildman–Crippen LogP) is 6.25. The number of halogens is 3. The Balaban J connectivity index is 2.62. The molecule has 0 amide bonds. The molecule has 0 fully saturated rings. The van der Waals surface area contributed by atoms with Crippen LogP contribution in [0.1, 0.15) is 5.56 Å². The summed E-state index contributed by atoms with van der Waals surface area (Å²) < 4.78 is 29.3. The molecule has 0 aliphatic carbocycles. The molecule has 2 rings (SSSR count). The SMILES string of the molecule is C[Si](C)(C)N(C(=C(F)F)c1ccccc1)c1ccc(Cl)cc1. The zero-order valence-corrected chi connectivity index (χ0v) is 14.5. The summed E-state index contributed by atoms with van der Waals surface area (Å²) in [6.45, 7) is 6.11. The van der Waals surface area contributed by atoms with Gasteiger partial charge in [0.25, 0.3) is 6.08 Å². The number of rotatable bonds is 4. The first-order valence-electron chi connectivity index (χ1n) is 6.97. The first-order chi connectivity index (χ1) is 10.3. The highest BCUT2D eigenvalue weighted by Gasteiger charge is 2.31. The van der Waals surface area contributed by atoms with E-state index in [9.17, 15) is 8.78 Å². The quantitative estimate of drug-likeness (QED) is 0.596. The van der Waals surface area contributed by atoms with Crippen molar-refractivity contribution < 1.29 is 8.78 Å². The van der Waals surface area contributed by atoms with Gasteiger partial charge in [-0.05, 0) is 24.3 Å². The average molecular weight is 338 g/mol. The van der Waals surface area contributed by atoms with Crippen molar-refractivity contribution in [3.8, 4) is 0 Å². The minimum Gasteiger partial charge on any atom is -0.365 e. The minimum absolute atomic E-state index is 0.0258. The Bertz CT molecular complexity index is 659. The van der Waals surface area contributed by atoms with Crippen molar-refractivity contribution in [1.82, 2.24) is 0 Å². The number of hydrogen-bond acceptors (Lipinski definition) is 1. The summed E-state index contributed by atoms with van der Waals surface area (Å²) in [6, 6.07) is 15.8. The van der Waals surface area contributed by atoms with Crippen LogP contribution in [-0.2, 0) is 0 Å². The maximum atomic E-state index is 13.8. The van der Waals surface area contributed by atoms with Crippen LogP contribution in [0, 0.1) is 0 Å². The van der Waals surface area contributed by atoms with E-state index < -0.39 is 14.3 Å². The van der Waals surface area contributed by atoms with Crippen molar-refractivity contribution in [2.75, 3.05) is 4.57 Å². The molecule has 1 nitrogen and oxygen atoms in total. The molecule has 0 bridgehead atoms. The summed E-state index contributed by atoms with van der Waals surface area (Å²) >= 11 is 5.92. The molecule has 0 aromatic heterocycles. The highest BCUT2D eigenvalue weighted by molar-refractivity contribution is 6.81. The maximum Gasteiger partial charge on any atom is 0.293 e. The lowest BCUT2D eigenvalue weighted by molar-refractivity contribution is 0.424. The van der Waals surface area contributed by atoms with Gasteiger partial charge in [0.05, 0.1) is 0 Å². The van der Waals surface area contributed by atoms with Crippen LogP contribution >= 0.6 is 11.6 Å². The van der Waals surface area contributed by atoms with E-state index in [0.717, 1.165) is 5.69 Å². The molecule has 2 aromatic carbocycles. The zero-order valence-electron chi connectivity index (χ0n) is 12.8. The fourth-order valence-corrected chi connectivity index (χ4v) is 4.29. The van der Waals surface area contributed by atoms with Crippen LogP contribution < -0.4 is 4.57 Å². The van der Waals surface area contributed by atoms with Gasteiger partial charge >= 0.3 is 0 Å². The van der Waals surface area contributed by atoms with Crippen LogP contribution in [0.5, 0.6) is 0 Å². The van der Waals surface area contributed by atoms with E-state index in [0.29, 0.717) is 10.6 Å². The summed E-state index contributed by atoms with van der Waals surface area (Å²) in [5.74, 6) is 0. The van der Waals surface area contributed by atoms with Gasteiger partial charge in [-0.25, -0.2) is 0 Å². The van der Waals surface area contributed by atoms with Crippen molar-refractivity contribution in [1.29, 1.82) is 0 Å². The Morgan fingerprint density at radius 2 is 1.45 bits per heavy atom. The van der Waals surface area contributed by atoms with Crippen LogP contribution in [0.25, 0.3) is 5.70 Å². The predicted molar refractivity (Wildman–Crippen MR) is 92.9 cm³/mol. The lowest BCUT2D eigenvalue weighted by Crippen LogP contribution is -2.45. The maximum absolute atomic E-state index is 13.8. The number of nitrogens with zero attached hydrogens (tertiary/aromatic N) is 1. The van der Waals surface area contributed by atoms with E-state index in [1.807, 2.05) is 25.7 Å². The third-order valence-corrected chi connectivity index (χ3v) is 5.28. The molecule has 22 heavy (non-hydrogen) atoms. The van der Waals surface area contributed by atoms with Gasteiger partial charge in [-0.3, -0.25) is 0 Å². The molecule has 0 N–H and O–H groups in total. The van der Waals surface area contributed by atoms with Gasteiger partial charge < -0.3 is 4.57 Å². The van der Waals surface area contributed by atoms with E-state index in [-0.39, 0.29) is 5.70 Å². The second-order valence-electron chi connectivity index (χ2n) is 5.96. The molecule has 116 valence electrons. The normalized spacial score (nSPS) is 11.2. The summed E-state index contributed by atoms with van der Waals surface area (Å²) in [6.07, 6.45) is -1.68. The Labute approximate surface area is 135 Å². The Morgan fingerprint density at radius 1 is 0.909 bits per heavy atom. The molecule has 0 saturated heterocycles. The summed E-state index contributed by atoms with van der Waals surface area (Å²) in [4.78, 5) is 0. The van der Waals surface area contributed by atoms with Crippen molar-refractivity contribution in [3.05, 3.63) is 71.3 Å². The van der Waals surface area contributed by atoms with Gasteiger partial charge in [0.2, 0.25) is 0 Å². The largest absolute Gasteiger partial charge is 0.365 e. The second kappa shape index (κ2) is 6.63. The molecule has 0 atom stereocenters. The molecule has 0 aliphatic heterocycles. The summed E-state index contributed by atoms with van der Waals surface area (Å²) in [5.41, 5.74) is 1.22. The fourth-order valence-electron chi connectivity index (χ4n) is 2.36. The third kappa shape index (κ3) is 3.75. The number of hydrogen-bond donors (Lipinski definition) is 0. The van der Waals surface area contributed by atoms with Gasteiger partial charge in [0.1, 0.15) is 5.70 Å². The van der Waals surface area contributed by atoms with E-state index >= 15 is 0 Å². The molecule has 0 unspecified atom stereocenters. The van der Waals surface area contributed by atoms with Crippen molar-refractivity contribution in [2.45, 2.75) is 19.6 Å². The van der Waals surface area contributed by atoms with Gasteiger partial charge in [0.15, 0.2) is 8.24 Å². The summed E-state index contributed by atoms with van der Waals surface area (Å²) in [5, 5.41) is 0.588. The van der Waals surface area contributed by atoms with Gasteiger partial charge in [0, 0.05) is 16.3 Å².